The third kappa shape index (κ3) is 2.62. The molecule has 2 aromatic carbocycles. The van der Waals surface area contributed by atoms with E-state index in [1.165, 1.54) is 6.07 Å². The van der Waals surface area contributed by atoms with Crippen molar-refractivity contribution in [2.45, 2.75) is 13.8 Å². The van der Waals surface area contributed by atoms with E-state index in [1.54, 1.807) is 44.2 Å². The van der Waals surface area contributed by atoms with E-state index in [1.807, 2.05) is 0 Å². The van der Waals surface area contributed by atoms with Crippen LogP contribution in [0.3, 0.4) is 0 Å². The Bertz CT molecular complexity index is 714. The van der Waals surface area contributed by atoms with Crippen molar-refractivity contribution in [2.24, 2.45) is 0 Å². The first-order valence-electron chi connectivity index (χ1n) is 6.04. The number of benzene rings is 2. The number of carboxylic acids is 1. The molecular formula is C16H13NO3. The van der Waals surface area contributed by atoms with Gasteiger partial charge in [-0.05, 0) is 49.2 Å². The molecule has 0 fully saturated rings. The first-order valence-corrected chi connectivity index (χ1v) is 6.04. The van der Waals surface area contributed by atoms with Crippen molar-refractivity contribution < 1.29 is 14.6 Å². The van der Waals surface area contributed by atoms with E-state index in [4.69, 9.17) is 10.00 Å². The average molecular weight is 267 g/mol. The second kappa shape index (κ2) is 5.45. The Labute approximate surface area is 116 Å². The van der Waals surface area contributed by atoms with Gasteiger partial charge in [0.2, 0.25) is 0 Å². The number of rotatable bonds is 3. The van der Waals surface area contributed by atoms with Crippen molar-refractivity contribution in [2.75, 3.05) is 0 Å². The lowest BCUT2D eigenvalue weighted by molar-refractivity contribution is 0.0694. The van der Waals surface area contributed by atoms with E-state index in [-0.39, 0.29) is 5.56 Å². The molecule has 20 heavy (non-hydrogen) atoms. The number of aryl methyl sites for hydroxylation is 2. The summed E-state index contributed by atoms with van der Waals surface area (Å²) in [5, 5.41) is 18.1. The van der Waals surface area contributed by atoms with Crippen LogP contribution in [0.1, 0.15) is 27.0 Å². The fourth-order valence-electron chi connectivity index (χ4n) is 1.90. The monoisotopic (exact) mass is 267 g/mol. The summed E-state index contributed by atoms with van der Waals surface area (Å²) < 4.78 is 5.69. The molecule has 0 atom stereocenters. The molecule has 0 saturated carbocycles. The fourth-order valence-corrected chi connectivity index (χ4v) is 1.90. The van der Waals surface area contributed by atoms with Crippen LogP contribution in [0.5, 0.6) is 11.5 Å². The molecule has 2 aromatic rings. The average Bonchev–Trinajstić information content (AvgIpc) is 2.41. The van der Waals surface area contributed by atoms with Gasteiger partial charge in [-0.25, -0.2) is 4.79 Å². The molecule has 0 spiro atoms. The van der Waals surface area contributed by atoms with Crippen LogP contribution in [0.4, 0.5) is 0 Å². The highest BCUT2D eigenvalue weighted by Gasteiger charge is 2.14. The zero-order valence-corrected chi connectivity index (χ0v) is 11.2. The normalized spacial score (nSPS) is 9.85. The zero-order valence-electron chi connectivity index (χ0n) is 11.2. The molecule has 0 bridgehead atoms. The molecular weight excluding hydrogens is 254 g/mol. The van der Waals surface area contributed by atoms with E-state index >= 15 is 0 Å². The van der Waals surface area contributed by atoms with Crippen molar-refractivity contribution in [1.82, 2.24) is 0 Å². The van der Waals surface area contributed by atoms with Crippen LogP contribution in [-0.2, 0) is 0 Å². The number of hydrogen-bond acceptors (Lipinski definition) is 3. The van der Waals surface area contributed by atoms with Gasteiger partial charge in [0.15, 0.2) is 0 Å². The van der Waals surface area contributed by atoms with Crippen LogP contribution >= 0.6 is 0 Å². The predicted octanol–water partition coefficient (Wildman–Crippen LogP) is 3.67. The van der Waals surface area contributed by atoms with Gasteiger partial charge in [-0.1, -0.05) is 12.1 Å². The van der Waals surface area contributed by atoms with E-state index in [0.29, 0.717) is 17.1 Å². The molecule has 0 amide bonds. The Hall–Kier alpha value is -2.80. The van der Waals surface area contributed by atoms with Gasteiger partial charge in [0.05, 0.1) is 11.6 Å². The maximum absolute atomic E-state index is 11.2. The summed E-state index contributed by atoms with van der Waals surface area (Å²) in [6.45, 7) is 3.60. The number of para-hydroxylation sites is 1. The molecule has 4 heteroatoms. The van der Waals surface area contributed by atoms with Gasteiger partial charge in [-0.2, -0.15) is 5.26 Å². The molecule has 2 rings (SSSR count). The van der Waals surface area contributed by atoms with E-state index in [2.05, 4.69) is 6.07 Å². The maximum Gasteiger partial charge on any atom is 0.339 e. The minimum absolute atomic E-state index is 0.118. The van der Waals surface area contributed by atoms with Crippen LogP contribution in [0.25, 0.3) is 0 Å². The first-order chi connectivity index (χ1) is 9.52. The standard InChI is InChI=1S/C16H13NO3/c1-10-4-3-5-14(16(18)19)15(10)20-13-7-6-12(9-17)11(2)8-13/h3-8H,1-2H3,(H,18,19). The summed E-state index contributed by atoms with van der Waals surface area (Å²) in [7, 11) is 0. The van der Waals surface area contributed by atoms with Crippen LogP contribution in [0.2, 0.25) is 0 Å². The lowest BCUT2D eigenvalue weighted by atomic mass is 10.1. The molecule has 4 nitrogen and oxygen atoms in total. The quantitative estimate of drug-likeness (QED) is 0.921. The van der Waals surface area contributed by atoms with E-state index in [9.17, 15) is 9.90 Å². The number of ether oxygens (including phenoxy) is 1. The second-order valence-electron chi connectivity index (χ2n) is 4.45. The first kappa shape index (κ1) is 13.6. The largest absolute Gasteiger partial charge is 0.478 e. The maximum atomic E-state index is 11.2. The molecule has 100 valence electrons. The Balaban J connectivity index is 2.43. The molecule has 0 saturated heterocycles. The van der Waals surface area contributed by atoms with Gasteiger partial charge in [0.1, 0.15) is 17.1 Å². The Morgan fingerprint density at radius 1 is 1.20 bits per heavy atom. The minimum Gasteiger partial charge on any atom is -0.478 e. The van der Waals surface area contributed by atoms with Crippen LogP contribution in [-0.4, -0.2) is 11.1 Å². The zero-order chi connectivity index (χ0) is 14.7. The number of hydrogen-bond donors (Lipinski definition) is 1. The number of nitriles is 1. The molecule has 0 aromatic heterocycles. The van der Waals surface area contributed by atoms with Gasteiger partial charge >= 0.3 is 5.97 Å². The summed E-state index contributed by atoms with van der Waals surface area (Å²) >= 11 is 0. The Morgan fingerprint density at radius 2 is 1.95 bits per heavy atom. The number of carbonyl (C=O) groups is 1. The fraction of sp³-hybridized carbons (Fsp3) is 0.125. The molecule has 1 N–H and O–H groups in total. The van der Waals surface area contributed by atoms with Crippen LogP contribution in [0.15, 0.2) is 36.4 Å². The Kier molecular flexibility index (Phi) is 3.72. The lowest BCUT2D eigenvalue weighted by Crippen LogP contribution is -2.01. The summed E-state index contributed by atoms with van der Waals surface area (Å²) in [5.41, 5.74) is 2.22. The van der Waals surface area contributed by atoms with Gasteiger partial charge in [0, 0.05) is 0 Å². The summed E-state index contributed by atoms with van der Waals surface area (Å²) in [5.74, 6) is -0.198. The number of nitrogens with zero attached hydrogens (tertiary/aromatic N) is 1. The molecule has 0 aliphatic heterocycles. The third-order valence-corrected chi connectivity index (χ3v) is 2.98. The highest BCUT2D eigenvalue weighted by Crippen LogP contribution is 2.30. The minimum atomic E-state index is -1.03. The SMILES string of the molecule is Cc1cc(Oc2c(C)cccc2C(=O)O)ccc1C#N. The summed E-state index contributed by atoms with van der Waals surface area (Å²) in [4.78, 5) is 11.2. The van der Waals surface area contributed by atoms with Gasteiger partial charge in [0.25, 0.3) is 0 Å². The second-order valence-corrected chi connectivity index (χ2v) is 4.45. The number of carboxylic acid groups (broad SMARTS) is 1. The van der Waals surface area contributed by atoms with Crippen molar-refractivity contribution in [1.29, 1.82) is 5.26 Å². The molecule has 0 heterocycles. The molecule has 0 radical (unpaired) electrons. The third-order valence-electron chi connectivity index (χ3n) is 2.98. The smallest absolute Gasteiger partial charge is 0.339 e. The highest BCUT2D eigenvalue weighted by molar-refractivity contribution is 5.91. The van der Waals surface area contributed by atoms with Crippen molar-refractivity contribution in [3.63, 3.8) is 0 Å². The number of aromatic carboxylic acids is 1. The van der Waals surface area contributed by atoms with Crippen LogP contribution in [0, 0.1) is 25.2 Å². The predicted molar refractivity (Wildman–Crippen MR) is 74.1 cm³/mol. The molecule has 0 aliphatic carbocycles. The Morgan fingerprint density at radius 3 is 2.55 bits per heavy atom. The summed E-state index contributed by atoms with van der Waals surface area (Å²) in [6, 6.07) is 12.1. The van der Waals surface area contributed by atoms with E-state index < -0.39 is 5.97 Å². The van der Waals surface area contributed by atoms with Gasteiger partial charge in [-0.3, -0.25) is 0 Å². The van der Waals surface area contributed by atoms with Crippen molar-refractivity contribution in [3.8, 4) is 17.6 Å². The van der Waals surface area contributed by atoms with Gasteiger partial charge < -0.3 is 9.84 Å². The molecule has 0 unspecified atom stereocenters. The van der Waals surface area contributed by atoms with Gasteiger partial charge in [-0.15, -0.1) is 0 Å². The van der Waals surface area contributed by atoms with E-state index in [0.717, 1.165) is 11.1 Å². The van der Waals surface area contributed by atoms with Crippen LogP contribution < -0.4 is 4.74 Å². The van der Waals surface area contributed by atoms with Crippen molar-refractivity contribution in [3.05, 3.63) is 58.7 Å². The lowest BCUT2D eigenvalue weighted by Gasteiger charge is -2.12. The summed E-state index contributed by atoms with van der Waals surface area (Å²) in [6.07, 6.45) is 0. The van der Waals surface area contributed by atoms with Crippen molar-refractivity contribution >= 4 is 5.97 Å². The highest BCUT2D eigenvalue weighted by atomic mass is 16.5. The topological polar surface area (TPSA) is 70.3 Å². The molecule has 0 aliphatic rings.